The van der Waals surface area contributed by atoms with Crippen LogP contribution >= 0.6 is 0 Å². The molecule has 11 aromatic rings. The minimum atomic E-state index is -1.32. The van der Waals surface area contributed by atoms with E-state index in [9.17, 15) is 17.8 Å². The van der Waals surface area contributed by atoms with Gasteiger partial charge in [-0.25, -0.2) is 0 Å². The van der Waals surface area contributed by atoms with Crippen LogP contribution in [0.25, 0.3) is 77.2 Å². The van der Waals surface area contributed by atoms with Crippen LogP contribution in [0.2, 0.25) is 0 Å². The van der Waals surface area contributed by atoms with Gasteiger partial charge in [-0.15, -0.1) is 0 Å². The van der Waals surface area contributed by atoms with Gasteiger partial charge in [0.05, 0.1) is 72.8 Å². The Bertz CT molecular complexity index is 5200. The summed E-state index contributed by atoms with van der Waals surface area (Å²) in [5.74, 6) is 0. The molecule has 0 saturated heterocycles. The second-order valence-electron chi connectivity index (χ2n) is 11.8. The van der Waals surface area contributed by atoms with Gasteiger partial charge in [0, 0.05) is 50.0 Å². The molecule has 2 aromatic heterocycles. The van der Waals surface area contributed by atoms with Gasteiger partial charge >= 0.3 is 0 Å². The van der Waals surface area contributed by atoms with Crippen LogP contribution in [0, 0.1) is 0 Å². The molecule has 0 aliphatic heterocycles. The summed E-state index contributed by atoms with van der Waals surface area (Å²) in [6, 6.07) is -40.1. The molecule has 0 aliphatic carbocycles. The van der Waals surface area contributed by atoms with Crippen molar-refractivity contribution in [1.29, 1.82) is 0 Å². The predicted octanol–water partition coefficient (Wildman–Crippen LogP) is 14.7. The Morgan fingerprint density at radius 2 is 0.614 bits per heavy atom. The Morgan fingerprint density at radius 1 is 0.281 bits per heavy atom. The molecule has 0 radical (unpaired) electrons. The Hall–Kier alpha value is -7.62. The summed E-state index contributed by atoms with van der Waals surface area (Å²) < 4.78 is 336. The molecular formula is C54H37N3. The molecular weight excluding hydrogens is 691 g/mol. The van der Waals surface area contributed by atoms with E-state index in [4.69, 9.17) is 32.9 Å². The zero-order valence-electron chi connectivity index (χ0n) is 65.3. The fourth-order valence-electron chi connectivity index (χ4n) is 6.24. The summed E-state index contributed by atoms with van der Waals surface area (Å²) >= 11 is 0. The van der Waals surface area contributed by atoms with Gasteiger partial charge < -0.3 is 14.0 Å². The van der Waals surface area contributed by atoms with E-state index in [1.807, 2.05) is 0 Å². The van der Waals surface area contributed by atoms with Crippen molar-refractivity contribution in [1.82, 2.24) is 9.13 Å². The third-order valence-electron chi connectivity index (χ3n) is 8.62. The summed E-state index contributed by atoms with van der Waals surface area (Å²) in [6.07, 6.45) is 0. The molecule has 268 valence electrons. The fourth-order valence-corrected chi connectivity index (χ4v) is 6.24. The van der Waals surface area contributed by atoms with Crippen molar-refractivity contribution in [2.24, 2.45) is 0 Å². The van der Waals surface area contributed by atoms with E-state index >= 15 is 0 Å². The van der Waals surface area contributed by atoms with Crippen LogP contribution in [0.3, 0.4) is 0 Å². The van der Waals surface area contributed by atoms with Crippen molar-refractivity contribution in [2.45, 2.75) is 0 Å². The first-order chi connectivity index (χ1) is 43.7. The number of benzene rings is 9. The predicted molar refractivity (Wildman–Crippen MR) is 241 cm³/mol. The Morgan fingerprint density at radius 3 is 1.09 bits per heavy atom. The van der Waals surface area contributed by atoms with E-state index in [2.05, 4.69) is 0 Å². The van der Waals surface area contributed by atoms with Crippen molar-refractivity contribution in [3.8, 4) is 33.6 Å². The molecule has 2 heterocycles. The number of fused-ring (bicyclic) bond motifs is 6. The van der Waals surface area contributed by atoms with Gasteiger partial charge in [0.25, 0.3) is 0 Å². The molecule has 9 aromatic carbocycles. The Labute approximate surface area is 383 Å². The van der Waals surface area contributed by atoms with Gasteiger partial charge in [-0.1, -0.05) is 121 Å². The van der Waals surface area contributed by atoms with Crippen molar-refractivity contribution >= 4 is 60.7 Å². The average Bonchev–Trinajstić information content (AvgIpc) is 1.51. The van der Waals surface area contributed by atoms with E-state index in [1.165, 1.54) is 0 Å². The number of para-hydroxylation sites is 5. The van der Waals surface area contributed by atoms with Crippen LogP contribution in [0.5, 0.6) is 0 Å². The van der Waals surface area contributed by atoms with Gasteiger partial charge in [-0.05, 0) is 125 Å². The molecule has 0 unspecified atom stereocenters. The smallest absolute Gasteiger partial charge is 0.0645 e. The fraction of sp³-hybridized carbons (Fsp3) is 0. The number of aromatic nitrogens is 2. The van der Waals surface area contributed by atoms with E-state index in [0.29, 0.717) is 14.0 Å². The Balaban J connectivity index is 1.33. The molecule has 0 saturated carbocycles. The topological polar surface area (TPSA) is 13.1 Å². The summed E-state index contributed by atoms with van der Waals surface area (Å²) in [7, 11) is 0. The lowest BCUT2D eigenvalue weighted by Crippen LogP contribution is -2.09. The zero-order valence-corrected chi connectivity index (χ0v) is 28.3. The van der Waals surface area contributed by atoms with E-state index in [0.717, 1.165) is 0 Å². The van der Waals surface area contributed by atoms with Gasteiger partial charge in [0.15, 0.2) is 0 Å². The molecule has 11 rings (SSSR count). The number of hydrogen-bond acceptors (Lipinski definition) is 1. The highest BCUT2D eigenvalue weighted by Gasteiger charge is 2.18. The largest absolute Gasteiger partial charge is 0.311 e. The maximum Gasteiger partial charge on any atom is 0.0645 e. The van der Waals surface area contributed by atoms with Crippen molar-refractivity contribution < 1.29 is 50.7 Å². The van der Waals surface area contributed by atoms with Gasteiger partial charge in [-0.3, -0.25) is 0 Å². The van der Waals surface area contributed by atoms with Crippen molar-refractivity contribution in [2.75, 3.05) is 4.90 Å². The van der Waals surface area contributed by atoms with Crippen molar-refractivity contribution in [3.05, 3.63) is 224 Å². The first kappa shape index (κ1) is 12.4. The standard InChI is InChI=1S/C54H37N3/c1-5-15-42(16-6-1)55(43-17-7-2-8-18-43)46-30-25-38(26-31-46)39-27-32-53-49(35-39)50-37-41(29-34-54(50)57(53)45-21-11-4-12-22-45)40-28-33-52-48(36-40)47-23-13-14-24-51(47)56(52)44-19-9-3-10-20-44/h1-37H/i1D,2D,3D,4D,5D,6D,7D,8D,9D,10D,11D,12D,13D,14D,15D,16D,17D,18D,19D,20D,21D,22D,23D,24D,25D,26D,27D,28D,29D,30D,31D,32D,33D,34D,35D,36D,37D. The van der Waals surface area contributed by atoms with Gasteiger partial charge in [-0.2, -0.15) is 0 Å². The third kappa shape index (κ3) is 5.60. The number of anilines is 3. The molecule has 0 bridgehead atoms. The first-order valence-corrected chi connectivity index (χ1v) is 16.5. The van der Waals surface area contributed by atoms with Crippen molar-refractivity contribution in [3.63, 3.8) is 0 Å². The maximum absolute atomic E-state index is 10.1. The van der Waals surface area contributed by atoms with Crippen LogP contribution in [0.4, 0.5) is 17.1 Å². The number of hydrogen-bond donors (Lipinski definition) is 0. The minimum absolute atomic E-state index is 0.326. The minimum Gasteiger partial charge on any atom is -0.311 e. The molecule has 0 N–H and O–H groups in total. The molecule has 3 nitrogen and oxygen atoms in total. The normalized spacial score (nSPS) is 20.6. The summed E-state index contributed by atoms with van der Waals surface area (Å²) in [4.78, 5) is 0.326. The van der Waals surface area contributed by atoms with E-state index in [-0.39, 0.29) is 0 Å². The average molecular weight is 765 g/mol. The molecule has 0 aliphatic rings. The zero-order chi connectivity index (χ0) is 69.9. The molecule has 0 amide bonds. The molecule has 57 heavy (non-hydrogen) atoms. The molecule has 3 heteroatoms. The highest BCUT2D eigenvalue weighted by atomic mass is 15.1. The summed E-state index contributed by atoms with van der Waals surface area (Å²) in [5.41, 5.74) is -12.2. The van der Waals surface area contributed by atoms with Crippen LogP contribution in [-0.2, 0) is 0 Å². The van der Waals surface area contributed by atoms with E-state index < -0.39 is 318 Å². The summed E-state index contributed by atoms with van der Waals surface area (Å²) in [5, 5.41) is -3.07. The van der Waals surface area contributed by atoms with Crippen LogP contribution in [0.15, 0.2) is 224 Å². The molecule has 0 spiro atoms. The van der Waals surface area contributed by atoms with E-state index in [1.54, 1.807) is 0 Å². The highest BCUT2D eigenvalue weighted by Crippen LogP contribution is 2.40. The third-order valence-corrected chi connectivity index (χ3v) is 8.62. The first-order valence-electron chi connectivity index (χ1n) is 35.0. The highest BCUT2D eigenvalue weighted by molar-refractivity contribution is 6.13. The second kappa shape index (κ2) is 13.6. The van der Waals surface area contributed by atoms with Crippen LogP contribution < -0.4 is 4.90 Å². The van der Waals surface area contributed by atoms with Gasteiger partial charge in [0.1, 0.15) is 0 Å². The SMILES string of the molecule is [2H]c1c([2H])c([2H])c(N(c2c([2H])c([2H])c([2H])c([2H])c2[2H])c2c([2H])c([2H])c(-c3c([2H])c([2H])c4c(c3[2H])c3c([2H])c(-c5c([2H])c([2H])c6c(c5[2H])c5c([2H])c([2H])c([2H])c([2H])c5n6-c5c([2H])c([2H])c([2H])c([2H])c5[2H])c([2H])c([2H])c3n4-c3c([2H])c([2H])c([2H])c([2H])c3[2H])c([2H])c2[2H])c([2H])c1[2H]. The quantitative estimate of drug-likeness (QED) is 0.158. The lowest BCUT2D eigenvalue weighted by Gasteiger charge is -2.25. The number of rotatable bonds is 7. The second-order valence-corrected chi connectivity index (χ2v) is 11.8. The summed E-state index contributed by atoms with van der Waals surface area (Å²) in [6.45, 7) is 0. The monoisotopic (exact) mass is 765 g/mol. The molecule has 0 atom stereocenters. The lowest BCUT2D eigenvalue weighted by molar-refractivity contribution is 1.18. The number of nitrogens with zero attached hydrogens (tertiary/aromatic N) is 3. The van der Waals surface area contributed by atoms with Gasteiger partial charge in [0.2, 0.25) is 0 Å². The maximum atomic E-state index is 10.1. The van der Waals surface area contributed by atoms with Crippen LogP contribution in [-0.4, -0.2) is 9.13 Å². The molecule has 0 fully saturated rings. The Kier molecular flexibility index (Phi) is 2.97. The lowest BCUT2D eigenvalue weighted by atomic mass is 9.99. The van der Waals surface area contributed by atoms with Crippen LogP contribution in [0.1, 0.15) is 50.7 Å².